The first-order chi connectivity index (χ1) is 17.9. The number of aromatic hydroxyl groups is 1. The number of carbonyl (C=O) groups excluding carboxylic acids is 4. The fourth-order valence-electron chi connectivity index (χ4n) is 6.03. The number of likely N-dealkylation sites (N-methyl/N-ethyl adjacent to an activating group) is 1. The molecular formula is C26H25N3O9. The van der Waals surface area contributed by atoms with E-state index in [1.807, 2.05) is 0 Å². The van der Waals surface area contributed by atoms with Crippen molar-refractivity contribution in [3.8, 4) is 5.75 Å². The van der Waals surface area contributed by atoms with E-state index in [1.54, 1.807) is 20.2 Å². The van der Waals surface area contributed by atoms with Crippen LogP contribution in [0, 0.1) is 11.8 Å². The molecule has 0 fully saturated rings. The van der Waals surface area contributed by atoms with Crippen LogP contribution in [-0.4, -0.2) is 79.5 Å². The first kappa shape index (κ1) is 25.4. The normalized spacial score (nSPS) is 26.8. The number of aliphatic hydroxyl groups is 3. The molecule has 0 radical (unpaired) electrons. The van der Waals surface area contributed by atoms with Gasteiger partial charge in [0.25, 0.3) is 5.91 Å². The van der Waals surface area contributed by atoms with Crippen molar-refractivity contribution in [3.05, 3.63) is 69.5 Å². The number of ketones is 3. The summed E-state index contributed by atoms with van der Waals surface area (Å²) < 4.78 is 4.85. The summed E-state index contributed by atoms with van der Waals surface area (Å²) in [7, 11) is 3.12. The number of phenols is 1. The number of phenolic OH excluding ortho intramolecular Hbond substituents is 1. The number of nitrogens with two attached hydrogens (primary N) is 1. The van der Waals surface area contributed by atoms with Crippen molar-refractivity contribution in [2.75, 3.05) is 14.1 Å². The fraction of sp³-hybridized carbons (Fsp3) is 0.346. The molecule has 1 aromatic carbocycles. The van der Waals surface area contributed by atoms with Crippen molar-refractivity contribution in [1.29, 1.82) is 0 Å². The topological polar surface area (TPSA) is 204 Å². The molecule has 0 unspecified atom stereocenters. The summed E-state index contributed by atoms with van der Waals surface area (Å²) in [6, 6.07) is 3.43. The van der Waals surface area contributed by atoms with Gasteiger partial charge in [0.1, 0.15) is 22.8 Å². The summed E-state index contributed by atoms with van der Waals surface area (Å²) >= 11 is 0. The van der Waals surface area contributed by atoms with Gasteiger partial charge >= 0.3 is 0 Å². The largest absolute Gasteiger partial charge is 0.510 e. The molecule has 2 aromatic rings. The fourth-order valence-corrected chi connectivity index (χ4v) is 6.03. The zero-order valence-corrected chi connectivity index (χ0v) is 20.5. The highest BCUT2D eigenvalue weighted by molar-refractivity contribution is 6.24. The second kappa shape index (κ2) is 8.64. The molecule has 38 heavy (non-hydrogen) atoms. The van der Waals surface area contributed by atoms with Gasteiger partial charge < -0.3 is 30.7 Å². The van der Waals surface area contributed by atoms with Gasteiger partial charge in [-0.1, -0.05) is 17.3 Å². The number of aliphatic hydroxyl groups excluding tert-OH is 2. The Labute approximate surface area is 215 Å². The van der Waals surface area contributed by atoms with Gasteiger partial charge in [-0.2, -0.15) is 0 Å². The maximum Gasteiger partial charge on any atom is 0.255 e. The highest BCUT2D eigenvalue weighted by Crippen LogP contribution is 2.52. The lowest BCUT2D eigenvalue weighted by atomic mass is 9.58. The van der Waals surface area contributed by atoms with Gasteiger partial charge in [0, 0.05) is 29.5 Å². The minimum absolute atomic E-state index is 0.00173. The smallest absolute Gasteiger partial charge is 0.255 e. The average Bonchev–Trinajstić information content (AvgIpc) is 3.38. The number of amides is 1. The first-order valence-corrected chi connectivity index (χ1v) is 11.8. The molecule has 0 saturated heterocycles. The van der Waals surface area contributed by atoms with E-state index >= 15 is 0 Å². The van der Waals surface area contributed by atoms with E-state index in [0.29, 0.717) is 5.56 Å². The van der Waals surface area contributed by atoms with Crippen molar-refractivity contribution in [2.24, 2.45) is 17.6 Å². The number of primary amides is 1. The van der Waals surface area contributed by atoms with Gasteiger partial charge in [-0.3, -0.25) is 24.1 Å². The number of fused-ring (bicyclic) bond motifs is 3. The maximum atomic E-state index is 13.7. The second-order valence-electron chi connectivity index (χ2n) is 10.0. The summed E-state index contributed by atoms with van der Waals surface area (Å²) in [5.74, 6) is -7.71. The van der Waals surface area contributed by atoms with Crippen LogP contribution in [0.25, 0.3) is 0 Å². The van der Waals surface area contributed by atoms with Crippen LogP contribution in [-0.2, 0) is 22.4 Å². The molecule has 12 heteroatoms. The zero-order valence-electron chi connectivity index (χ0n) is 20.5. The summed E-state index contributed by atoms with van der Waals surface area (Å²) in [6.07, 6.45) is 1.17. The molecule has 0 saturated carbocycles. The van der Waals surface area contributed by atoms with E-state index in [0.717, 1.165) is 0 Å². The van der Waals surface area contributed by atoms with Crippen LogP contribution >= 0.6 is 0 Å². The van der Waals surface area contributed by atoms with Gasteiger partial charge in [0.2, 0.25) is 17.3 Å². The number of Topliss-reactive ketones (excluding diaryl/α,β-unsaturated/α-hetero) is 3. The molecule has 3 aliphatic rings. The van der Waals surface area contributed by atoms with Gasteiger partial charge in [0.05, 0.1) is 17.8 Å². The lowest BCUT2D eigenvalue weighted by Gasteiger charge is -2.50. The molecule has 5 rings (SSSR count). The second-order valence-corrected chi connectivity index (χ2v) is 10.0. The van der Waals surface area contributed by atoms with E-state index in [1.165, 1.54) is 23.2 Å². The third-order valence-corrected chi connectivity index (χ3v) is 7.74. The number of carbonyl (C=O) groups is 4. The Morgan fingerprint density at radius 2 is 1.89 bits per heavy atom. The van der Waals surface area contributed by atoms with Crippen molar-refractivity contribution < 1.29 is 44.1 Å². The van der Waals surface area contributed by atoms with Crippen LogP contribution < -0.4 is 5.73 Å². The monoisotopic (exact) mass is 523 g/mol. The number of benzene rings is 1. The number of nitrogens with zero attached hydrogens (tertiary/aromatic N) is 2. The molecule has 12 nitrogen and oxygen atoms in total. The average molecular weight is 523 g/mol. The van der Waals surface area contributed by atoms with Crippen LogP contribution in [0.1, 0.15) is 38.5 Å². The predicted molar refractivity (Wildman–Crippen MR) is 128 cm³/mol. The molecule has 1 aromatic heterocycles. The Morgan fingerprint density at radius 1 is 1.18 bits per heavy atom. The van der Waals surface area contributed by atoms with E-state index in [-0.39, 0.29) is 41.7 Å². The first-order valence-electron chi connectivity index (χ1n) is 11.8. The Balaban J connectivity index is 1.62. The molecule has 1 amide bonds. The highest BCUT2D eigenvalue weighted by atomic mass is 16.5. The third-order valence-electron chi connectivity index (χ3n) is 7.74. The molecule has 0 aliphatic heterocycles. The molecule has 4 atom stereocenters. The quantitative estimate of drug-likeness (QED) is 0.270. The van der Waals surface area contributed by atoms with Gasteiger partial charge in [-0.15, -0.1) is 0 Å². The van der Waals surface area contributed by atoms with Crippen LogP contribution in [0.3, 0.4) is 0 Å². The van der Waals surface area contributed by atoms with Crippen molar-refractivity contribution >= 4 is 23.3 Å². The Kier molecular flexibility index (Phi) is 5.76. The van der Waals surface area contributed by atoms with E-state index < -0.39 is 69.6 Å². The van der Waals surface area contributed by atoms with E-state index in [2.05, 4.69) is 5.16 Å². The summed E-state index contributed by atoms with van der Waals surface area (Å²) in [5, 5.41) is 48.1. The van der Waals surface area contributed by atoms with Crippen molar-refractivity contribution in [1.82, 2.24) is 10.1 Å². The lowest BCUT2D eigenvalue weighted by molar-refractivity contribution is -0.148. The van der Waals surface area contributed by atoms with Crippen LogP contribution in [0.4, 0.5) is 0 Å². The summed E-state index contributed by atoms with van der Waals surface area (Å²) in [6.45, 7) is 0. The number of rotatable bonds is 5. The molecule has 198 valence electrons. The minimum atomic E-state index is -2.71. The maximum absolute atomic E-state index is 13.7. The van der Waals surface area contributed by atoms with E-state index in [9.17, 15) is 39.6 Å². The highest BCUT2D eigenvalue weighted by Gasteiger charge is 2.63. The standard InChI is InChI=1S/C26H25N3O9/c1-29(2)19-13-8-12-7-10-3-4-11(9-14(30)15-5-6-28-38-15)20(31)16(10)21(32)17(12)23(34)26(13,37)24(35)18(22(19)33)25(27)36/h3-6,12-13,19,31,33-34,37H,7-9H2,1-2H3,(H2,27,36)/t12-,13-,19-,26-/m0/s1. The number of hydrogen-bond acceptors (Lipinski definition) is 11. The van der Waals surface area contributed by atoms with Crippen LogP contribution in [0.15, 0.2) is 51.6 Å². The number of hydrogen-bond donors (Lipinski definition) is 5. The predicted octanol–water partition coefficient (Wildman–Crippen LogP) is 0.534. The minimum Gasteiger partial charge on any atom is -0.510 e. The molecular weight excluding hydrogens is 498 g/mol. The SMILES string of the molecule is CN(C)[C@@H]1C(O)=C(C(N)=O)C(=O)[C@@]2(O)C(O)=C3C(=O)c4c(ccc(CC(=O)c5ccno5)c4O)C[C@H]3C[C@@H]12. The molecule has 0 bridgehead atoms. The number of allylic oxidation sites excluding steroid dienone is 1. The van der Waals surface area contributed by atoms with Gasteiger partial charge in [0.15, 0.2) is 11.4 Å². The van der Waals surface area contributed by atoms with E-state index in [4.69, 9.17) is 10.3 Å². The Morgan fingerprint density at radius 3 is 2.50 bits per heavy atom. The van der Waals surface area contributed by atoms with Gasteiger partial charge in [-0.05, 0) is 38.4 Å². The molecule has 0 spiro atoms. The molecule has 6 N–H and O–H groups in total. The van der Waals surface area contributed by atoms with Crippen molar-refractivity contribution in [2.45, 2.75) is 30.9 Å². The van der Waals surface area contributed by atoms with Crippen LogP contribution in [0.5, 0.6) is 5.75 Å². The zero-order chi connectivity index (χ0) is 27.7. The third kappa shape index (κ3) is 3.41. The number of aromatic nitrogens is 1. The summed E-state index contributed by atoms with van der Waals surface area (Å²) in [4.78, 5) is 53.0. The molecule has 3 aliphatic carbocycles. The Hall–Kier alpha value is -4.29. The van der Waals surface area contributed by atoms with Gasteiger partial charge in [-0.25, -0.2) is 0 Å². The van der Waals surface area contributed by atoms with Crippen LogP contribution in [0.2, 0.25) is 0 Å². The summed E-state index contributed by atoms with van der Waals surface area (Å²) in [5.41, 5.74) is 1.92. The lowest BCUT2D eigenvalue weighted by Crippen LogP contribution is -2.63. The Bertz CT molecular complexity index is 1470. The van der Waals surface area contributed by atoms with Crippen molar-refractivity contribution in [3.63, 3.8) is 0 Å². The molecule has 1 heterocycles.